The summed E-state index contributed by atoms with van der Waals surface area (Å²) in [5.41, 5.74) is 2.45. The van der Waals surface area contributed by atoms with Crippen LogP contribution >= 0.6 is 11.6 Å². The first-order valence-corrected chi connectivity index (χ1v) is 5.75. The molecule has 0 aliphatic heterocycles. The number of hydrogen-bond donors (Lipinski definition) is 2. The SMILES string of the molecule is C[C@@H](Cl)CN[C@H]1c2ccccc2C[C@@H]1O. The van der Waals surface area contributed by atoms with Crippen LogP contribution in [-0.4, -0.2) is 23.1 Å². The lowest BCUT2D eigenvalue weighted by Crippen LogP contribution is -2.32. The zero-order valence-electron chi connectivity index (χ0n) is 8.78. The number of aliphatic hydroxyl groups excluding tert-OH is 1. The van der Waals surface area contributed by atoms with Gasteiger partial charge in [0.25, 0.3) is 0 Å². The first-order valence-electron chi connectivity index (χ1n) is 5.32. The maximum atomic E-state index is 9.92. The highest BCUT2D eigenvalue weighted by molar-refractivity contribution is 6.20. The summed E-state index contributed by atoms with van der Waals surface area (Å²) in [4.78, 5) is 0. The largest absolute Gasteiger partial charge is 0.391 e. The fourth-order valence-corrected chi connectivity index (χ4v) is 2.20. The van der Waals surface area contributed by atoms with Gasteiger partial charge in [-0.2, -0.15) is 0 Å². The molecule has 0 bridgehead atoms. The molecule has 0 aromatic heterocycles. The Labute approximate surface area is 95.3 Å². The van der Waals surface area contributed by atoms with Gasteiger partial charge in [-0.25, -0.2) is 0 Å². The molecule has 15 heavy (non-hydrogen) atoms. The van der Waals surface area contributed by atoms with E-state index in [9.17, 15) is 5.11 Å². The maximum Gasteiger partial charge on any atom is 0.0775 e. The monoisotopic (exact) mass is 225 g/mol. The first kappa shape index (κ1) is 10.9. The number of hydrogen-bond acceptors (Lipinski definition) is 2. The van der Waals surface area contributed by atoms with Gasteiger partial charge >= 0.3 is 0 Å². The molecular formula is C12H16ClNO. The summed E-state index contributed by atoms with van der Waals surface area (Å²) in [5.74, 6) is 0. The molecule has 82 valence electrons. The normalized spacial score (nSPS) is 26.3. The molecule has 1 aliphatic rings. The van der Waals surface area contributed by atoms with Gasteiger partial charge in [0.2, 0.25) is 0 Å². The van der Waals surface area contributed by atoms with E-state index in [1.54, 1.807) is 0 Å². The molecule has 1 aliphatic carbocycles. The number of aliphatic hydroxyl groups is 1. The summed E-state index contributed by atoms with van der Waals surface area (Å²) in [6, 6.07) is 8.21. The molecule has 0 saturated heterocycles. The van der Waals surface area contributed by atoms with Crippen molar-refractivity contribution in [2.75, 3.05) is 6.54 Å². The Kier molecular flexibility index (Phi) is 3.29. The molecule has 0 radical (unpaired) electrons. The van der Waals surface area contributed by atoms with E-state index in [4.69, 9.17) is 11.6 Å². The van der Waals surface area contributed by atoms with Crippen LogP contribution in [0.4, 0.5) is 0 Å². The molecule has 3 heteroatoms. The van der Waals surface area contributed by atoms with Gasteiger partial charge in [0.15, 0.2) is 0 Å². The van der Waals surface area contributed by atoms with Crippen LogP contribution in [0.25, 0.3) is 0 Å². The Morgan fingerprint density at radius 3 is 3.00 bits per heavy atom. The molecule has 2 rings (SSSR count). The van der Waals surface area contributed by atoms with Crippen molar-refractivity contribution in [2.45, 2.75) is 30.9 Å². The van der Waals surface area contributed by atoms with E-state index < -0.39 is 0 Å². The van der Waals surface area contributed by atoms with Crippen molar-refractivity contribution in [3.8, 4) is 0 Å². The third-order valence-electron chi connectivity index (χ3n) is 2.82. The van der Waals surface area contributed by atoms with E-state index in [-0.39, 0.29) is 17.5 Å². The highest BCUT2D eigenvalue weighted by atomic mass is 35.5. The fourth-order valence-electron chi connectivity index (χ4n) is 2.11. The number of nitrogens with one attached hydrogen (secondary N) is 1. The van der Waals surface area contributed by atoms with Crippen molar-refractivity contribution >= 4 is 11.6 Å². The molecule has 2 nitrogen and oxygen atoms in total. The van der Waals surface area contributed by atoms with Crippen molar-refractivity contribution in [3.63, 3.8) is 0 Å². The second-order valence-electron chi connectivity index (χ2n) is 4.14. The maximum absolute atomic E-state index is 9.92. The fraction of sp³-hybridized carbons (Fsp3) is 0.500. The van der Waals surface area contributed by atoms with Crippen LogP contribution in [-0.2, 0) is 6.42 Å². The first-order chi connectivity index (χ1) is 7.18. The van der Waals surface area contributed by atoms with Crippen LogP contribution < -0.4 is 5.32 Å². The summed E-state index contributed by atoms with van der Waals surface area (Å²) in [6.07, 6.45) is 0.419. The van der Waals surface area contributed by atoms with Crippen LogP contribution in [0.5, 0.6) is 0 Å². The van der Waals surface area contributed by atoms with Crippen LogP contribution in [0.15, 0.2) is 24.3 Å². The number of halogens is 1. The third kappa shape index (κ3) is 2.33. The van der Waals surface area contributed by atoms with E-state index >= 15 is 0 Å². The zero-order chi connectivity index (χ0) is 10.8. The van der Waals surface area contributed by atoms with Gasteiger partial charge in [-0.3, -0.25) is 0 Å². The Morgan fingerprint density at radius 1 is 1.53 bits per heavy atom. The lowest BCUT2D eigenvalue weighted by Gasteiger charge is -2.18. The summed E-state index contributed by atoms with van der Waals surface area (Å²) in [5, 5.41) is 13.3. The van der Waals surface area contributed by atoms with E-state index in [0.717, 1.165) is 13.0 Å². The highest BCUT2D eigenvalue weighted by Crippen LogP contribution is 2.31. The number of fused-ring (bicyclic) bond motifs is 1. The summed E-state index contributed by atoms with van der Waals surface area (Å²) in [7, 11) is 0. The highest BCUT2D eigenvalue weighted by Gasteiger charge is 2.30. The zero-order valence-corrected chi connectivity index (χ0v) is 9.54. The minimum absolute atomic E-state index is 0.0439. The summed E-state index contributed by atoms with van der Waals surface area (Å²) >= 11 is 5.89. The Bertz CT molecular complexity index is 340. The van der Waals surface area contributed by atoms with Crippen molar-refractivity contribution in [1.82, 2.24) is 5.32 Å². The number of benzene rings is 1. The van der Waals surface area contributed by atoms with Gasteiger partial charge in [-0.05, 0) is 18.1 Å². The van der Waals surface area contributed by atoms with Crippen LogP contribution in [0.2, 0.25) is 0 Å². The number of alkyl halides is 1. The minimum Gasteiger partial charge on any atom is -0.391 e. The standard InChI is InChI=1S/C12H16ClNO/c1-8(13)7-14-12-10-5-3-2-4-9(10)6-11(12)15/h2-5,8,11-12,14-15H,6-7H2,1H3/t8-,11+,12+/m1/s1. The molecule has 2 N–H and O–H groups in total. The van der Waals surface area contributed by atoms with Crippen molar-refractivity contribution in [1.29, 1.82) is 0 Å². The summed E-state index contributed by atoms with van der Waals surface area (Å²) in [6.45, 7) is 2.67. The van der Waals surface area contributed by atoms with Gasteiger partial charge in [-0.15, -0.1) is 11.6 Å². The molecular weight excluding hydrogens is 210 g/mol. The summed E-state index contributed by atoms with van der Waals surface area (Å²) < 4.78 is 0. The molecule has 0 saturated carbocycles. The van der Waals surface area contributed by atoms with Gasteiger partial charge in [0.1, 0.15) is 0 Å². The smallest absolute Gasteiger partial charge is 0.0775 e. The molecule has 0 unspecified atom stereocenters. The minimum atomic E-state index is -0.321. The Balaban J connectivity index is 2.11. The van der Waals surface area contributed by atoms with E-state index in [2.05, 4.69) is 17.4 Å². The third-order valence-corrected chi connectivity index (χ3v) is 2.98. The van der Waals surface area contributed by atoms with Crippen LogP contribution in [0.1, 0.15) is 24.1 Å². The lowest BCUT2D eigenvalue weighted by atomic mass is 10.1. The van der Waals surface area contributed by atoms with Gasteiger partial charge < -0.3 is 10.4 Å². The second kappa shape index (κ2) is 4.52. The molecule has 1 aromatic rings. The Morgan fingerprint density at radius 2 is 2.27 bits per heavy atom. The predicted molar refractivity (Wildman–Crippen MR) is 62.2 cm³/mol. The van der Waals surface area contributed by atoms with E-state index in [1.807, 2.05) is 19.1 Å². The van der Waals surface area contributed by atoms with Crippen molar-refractivity contribution in [2.24, 2.45) is 0 Å². The van der Waals surface area contributed by atoms with E-state index in [1.165, 1.54) is 11.1 Å². The average Bonchev–Trinajstić information content (AvgIpc) is 2.50. The second-order valence-corrected chi connectivity index (χ2v) is 4.88. The molecule has 1 aromatic carbocycles. The average molecular weight is 226 g/mol. The van der Waals surface area contributed by atoms with Crippen LogP contribution in [0, 0.1) is 0 Å². The number of rotatable bonds is 3. The van der Waals surface area contributed by atoms with Gasteiger partial charge in [0, 0.05) is 18.3 Å². The molecule has 0 amide bonds. The quantitative estimate of drug-likeness (QED) is 0.770. The van der Waals surface area contributed by atoms with E-state index in [0.29, 0.717) is 0 Å². The molecule has 0 spiro atoms. The van der Waals surface area contributed by atoms with Crippen molar-refractivity contribution in [3.05, 3.63) is 35.4 Å². The van der Waals surface area contributed by atoms with Gasteiger partial charge in [-0.1, -0.05) is 24.3 Å². The lowest BCUT2D eigenvalue weighted by molar-refractivity contribution is 0.142. The molecule has 0 heterocycles. The topological polar surface area (TPSA) is 32.3 Å². The van der Waals surface area contributed by atoms with Crippen molar-refractivity contribution < 1.29 is 5.11 Å². The Hall–Kier alpha value is -0.570. The van der Waals surface area contributed by atoms with Gasteiger partial charge in [0.05, 0.1) is 12.1 Å². The molecule has 0 fully saturated rings. The van der Waals surface area contributed by atoms with Crippen LogP contribution in [0.3, 0.4) is 0 Å². The molecule has 3 atom stereocenters. The predicted octanol–water partition coefficient (Wildman–Crippen LogP) is 1.86.